The second kappa shape index (κ2) is 26.9. The number of rotatable bonds is 28. The number of aliphatic carboxylic acids is 1. The van der Waals surface area contributed by atoms with Gasteiger partial charge in [0.05, 0.1) is 6.42 Å². The van der Waals surface area contributed by atoms with E-state index in [2.05, 4.69) is 11.7 Å². The van der Waals surface area contributed by atoms with Crippen molar-refractivity contribution in [2.24, 2.45) is 0 Å². The second-order valence-corrected chi connectivity index (χ2v) is 10.5. The lowest BCUT2D eigenvalue weighted by Crippen LogP contribution is -2.31. The Morgan fingerprint density at radius 3 is 1.34 bits per heavy atom. The Bertz CT molecular complexity index is 581. The third-order valence-corrected chi connectivity index (χ3v) is 6.73. The van der Waals surface area contributed by atoms with Crippen LogP contribution in [0.15, 0.2) is 0 Å². The molecule has 8 nitrogen and oxygen atoms in total. The van der Waals surface area contributed by atoms with Gasteiger partial charge < -0.3 is 24.8 Å². The third kappa shape index (κ3) is 26.0. The van der Waals surface area contributed by atoms with Crippen LogP contribution < -0.4 is 0 Å². The zero-order valence-electron chi connectivity index (χ0n) is 24.0. The van der Waals surface area contributed by atoms with Crippen LogP contribution in [0.25, 0.3) is 0 Å². The molecular weight excluding hydrogens is 488 g/mol. The molecule has 0 aromatic heterocycles. The van der Waals surface area contributed by atoms with E-state index < -0.39 is 43.1 Å². The van der Waals surface area contributed by atoms with E-state index in [0.717, 1.165) is 19.3 Å². The lowest BCUT2D eigenvalue weighted by atomic mass is 10.0. The quantitative estimate of drug-likeness (QED) is 0.0753. The second-order valence-electron chi connectivity index (χ2n) is 10.5. The van der Waals surface area contributed by atoms with Gasteiger partial charge in [0.2, 0.25) is 0 Å². The number of carboxylic acids is 1. The number of esters is 2. The molecular formula is C30H56O8. The largest absolute Gasteiger partial charge is 0.481 e. The summed E-state index contributed by atoms with van der Waals surface area (Å²) >= 11 is 0. The Kier molecular flexibility index (Phi) is 25.7. The van der Waals surface area contributed by atoms with E-state index in [1.165, 1.54) is 109 Å². The Morgan fingerprint density at radius 2 is 0.947 bits per heavy atom. The lowest BCUT2D eigenvalue weighted by molar-refractivity contribution is -0.162. The SMILES string of the molecule is CCCCCCCCCCCCCCCCCCCCCCC(=O)OCC(O)COC(=O)[C@H](O)CC(=O)O. The summed E-state index contributed by atoms with van der Waals surface area (Å²) < 4.78 is 9.58. The molecule has 0 spiro atoms. The first kappa shape index (κ1) is 36.3. The van der Waals surface area contributed by atoms with Crippen LogP contribution in [0.4, 0.5) is 0 Å². The first-order valence-electron chi connectivity index (χ1n) is 15.3. The summed E-state index contributed by atoms with van der Waals surface area (Å²) in [6, 6.07) is 0. The van der Waals surface area contributed by atoms with Gasteiger partial charge >= 0.3 is 17.9 Å². The van der Waals surface area contributed by atoms with Gasteiger partial charge in [-0.05, 0) is 6.42 Å². The first-order valence-corrected chi connectivity index (χ1v) is 15.3. The van der Waals surface area contributed by atoms with E-state index >= 15 is 0 Å². The highest BCUT2D eigenvalue weighted by molar-refractivity contribution is 5.80. The predicted octanol–water partition coefficient (Wildman–Crippen LogP) is 6.48. The number of aliphatic hydroxyl groups excluding tert-OH is 2. The average Bonchev–Trinajstić information content (AvgIpc) is 2.88. The maximum atomic E-state index is 11.8. The number of hydrogen-bond acceptors (Lipinski definition) is 7. The normalized spacial score (nSPS) is 12.7. The van der Waals surface area contributed by atoms with Gasteiger partial charge in [-0.3, -0.25) is 9.59 Å². The number of carboxylic acid groups (broad SMARTS) is 1. The molecule has 0 fully saturated rings. The number of hydrogen-bond donors (Lipinski definition) is 3. The van der Waals surface area contributed by atoms with Crippen molar-refractivity contribution in [2.45, 2.75) is 160 Å². The van der Waals surface area contributed by atoms with E-state index in [9.17, 15) is 24.6 Å². The molecule has 0 aromatic rings. The Balaban J connectivity index is 3.36. The van der Waals surface area contributed by atoms with Crippen LogP contribution in [0.3, 0.4) is 0 Å². The van der Waals surface area contributed by atoms with Gasteiger partial charge in [0.15, 0.2) is 6.10 Å². The summed E-state index contributed by atoms with van der Waals surface area (Å²) in [5.74, 6) is -2.89. The number of carbonyl (C=O) groups excluding carboxylic acids is 2. The minimum Gasteiger partial charge on any atom is -0.481 e. The molecule has 8 heteroatoms. The van der Waals surface area contributed by atoms with Crippen LogP contribution >= 0.6 is 0 Å². The molecule has 0 saturated carbocycles. The molecule has 0 heterocycles. The third-order valence-electron chi connectivity index (χ3n) is 6.73. The molecule has 0 aromatic carbocycles. The first-order chi connectivity index (χ1) is 18.4. The van der Waals surface area contributed by atoms with Crippen molar-refractivity contribution in [1.82, 2.24) is 0 Å². The Morgan fingerprint density at radius 1 is 0.579 bits per heavy atom. The zero-order valence-corrected chi connectivity index (χ0v) is 24.0. The molecule has 0 amide bonds. The minimum absolute atomic E-state index is 0.281. The van der Waals surface area contributed by atoms with Gasteiger partial charge in [-0.15, -0.1) is 0 Å². The molecule has 0 bridgehead atoms. The van der Waals surface area contributed by atoms with Crippen LogP contribution in [-0.4, -0.2) is 58.6 Å². The number of carbonyl (C=O) groups is 3. The summed E-state index contributed by atoms with van der Waals surface area (Å²) in [5, 5.41) is 27.5. The molecule has 224 valence electrons. The van der Waals surface area contributed by atoms with Crippen LogP contribution in [0, 0.1) is 0 Å². The fourth-order valence-corrected chi connectivity index (χ4v) is 4.36. The summed E-state index contributed by atoms with van der Waals surface area (Å²) in [7, 11) is 0. The molecule has 0 aliphatic carbocycles. The van der Waals surface area contributed by atoms with Gasteiger partial charge in [-0.2, -0.15) is 0 Å². The van der Waals surface area contributed by atoms with Crippen LogP contribution in [0.1, 0.15) is 148 Å². The summed E-state index contributed by atoms with van der Waals surface area (Å²) in [4.78, 5) is 33.6. The van der Waals surface area contributed by atoms with Crippen LogP contribution in [-0.2, 0) is 23.9 Å². The van der Waals surface area contributed by atoms with E-state index in [1.807, 2.05) is 0 Å². The topological polar surface area (TPSA) is 130 Å². The number of aliphatic hydroxyl groups is 2. The van der Waals surface area contributed by atoms with E-state index in [0.29, 0.717) is 0 Å². The molecule has 3 N–H and O–H groups in total. The van der Waals surface area contributed by atoms with Crippen molar-refractivity contribution in [3.8, 4) is 0 Å². The molecule has 2 atom stereocenters. The number of unbranched alkanes of at least 4 members (excludes halogenated alkanes) is 19. The highest BCUT2D eigenvalue weighted by Gasteiger charge is 2.21. The van der Waals surface area contributed by atoms with Crippen molar-refractivity contribution in [3.05, 3.63) is 0 Å². The maximum Gasteiger partial charge on any atom is 0.335 e. The van der Waals surface area contributed by atoms with Crippen molar-refractivity contribution in [3.63, 3.8) is 0 Å². The molecule has 0 rings (SSSR count). The van der Waals surface area contributed by atoms with Gasteiger partial charge in [0.25, 0.3) is 0 Å². The molecule has 0 saturated heterocycles. The highest BCUT2D eigenvalue weighted by atomic mass is 16.6. The summed E-state index contributed by atoms with van der Waals surface area (Å²) in [6.07, 6.45) is 22.5. The van der Waals surface area contributed by atoms with Gasteiger partial charge in [-0.25, -0.2) is 4.79 Å². The molecule has 0 radical (unpaired) electrons. The average molecular weight is 545 g/mol. The monoisotopic (exact) mass is 544 g/mol. The van der Waals surface area contributed by atoms with Crippen molar-refractivity contribution in [1.29, 1.82) is 0 Å². The molecule has 0 aliphatic rings. The highest BCUT2D eigenvalue weighted by Crippen LogP contribution is 2.15. The smallest absolute Gasteiger partial charge is 0.335 e. The zero-order chi connectivity index (χ0) is 28.3. The molecule has 0 aliphatic heterocycles. The number of ether oxygens (including phenoxy) is 2. The van der Waals surface area contributed by atoms with Gasteiger partial charge in [0, 0.05) is 6.42 Å². The fourth-order valence-electron chi connectivity index (χ4n) is 4.36. The van der Waals surface area contributed by atoms with Crippen LogP contribution in [0.5, 0.6) is 0 Å². The van der Waals surface area contributed by atoms with E-state index in [4.69, 9.17) is 9.84 Å². The van der Waals surface area contributed by atoms with Crippen molar-refractivity contribution < 1.29 is 39.2 Å². The molecule has 38 heavy (non-hydrogen) atoms. The molecule has 1 unspecified atom stereocenters. The Hall–Kier alpha value is -1.67. The van der Waals surface area contributed by atoms with Crippen LogP contribution in [0.2, 0.25) is 0 Å². The fraction of sp³-hybridized carbons (Fsp3) is 0.900. The summed E-state index contributed by atoms with van der Waals surface area (Å²) in [6.45, 7) is 1.47. The van der Waals surface area contributed by atoms with Gasteiger partial charge in [-0.1, -0.05) is 129 Å². The van der Waals surface area contributed by atoms with E-state index in [1.54, 1.807) is 0 Å². The maximum absolute atomic E-state index is 11.8. The Labute approximate surface area is 230 Å². The minimum atomic E-state index is -1.79. The van der Waals surface area contributed by atoms with Crippen molar-refractivity contribution >= 4 is 17.9 Å². The predicted molar refractivity (Wildman–Crippen MR) is 149 cm³/mol. The lowest BCUT2D eigenvalue weighted by Gasteiger charge is -2.13. The van der Waals surface area contributed by atoms with Gasteiger partial charge in [0.1, 0.15) is 19.3 Å². The summed E-state index contributed by atoms with van der Waals surface area (Å²) in [5.41, 5.74) is 0. The standard InChI is InChI=1S/C30H56O8/c1-2-3-4-5-6-7-8-9-10-11-12-13-14-15-16-17-18-19-20-21-22-29(35)37-24-26(31)25-38-30(36)27(32)23-28(33)34/h26-27,31-32H,2-25H2,1H3,(H,33,34)/t26?,27-/m1/s1. The van der Waals surface area contributed by atoms with Crippen molar-refractivity contribution in [2.75, 3.05) is 13.2 Å². The van der Waals surface area contributed by atoms with E-state index in [-0.39, 0.29) is 13.0 Å².